The summed E-state index contributed by atoms with van der Waals surface area (Å²) in [5.74, 6) is 0.653. The second-order valence-electron chi connectivity index (χ2n) is 5.44. The number of hydrogen-bond donors (Lipinski definition) is 2. The van der Waals surface area contributed by atoms with Gasteiger partial charge in [-0.3, -0.25) is 9.69 Å². The Labute approximate surface area is 105 Å². The highest BCUT2D eigenvalue weighted by atomic mass is 16.2. The molecule has 1 heterocycles. The first-order chi connectivity index (χ1) is 8.02. The van der Waals surface area contributed by atoms with Crippen molar-refractivity contribution in [2.24, 2.45) is 11.7 Å². The number of nitrogens with two attached hydrogens (primary N) is 1. The van der Waals surface area contributed by atoms with E-state index in [4.69, 9.17) is 5.73 Å². The number of rotatable bonds is 5. The molecule has 0 aliphatic carbocycles. The van der Waals surface area contributed by atoms with E-state index in [-0.39, 0.29) is 5.91 Å². The summed E-state index contributed by atoms with van der Waals surface area (Å²) in [6.45, 7) is 8.84. The fraction of sp³-hybridized carbons (Fsp3) is 0.923. The van der Waals surface area contributed by atoms with E-state index in [1.54, 1.807) is 0 Å². The molecule has 0 radical (unpaired) electrons. The van der Waals surface area contributed by atoms with E-state index in [0.717, 1.165) is 32.4 Å². The Hall–Kier alpha value is -0.610. The maximum Gasteiger partial charge on any atom is 0.234 e. The van der Waals surface area contributed by atoms with Gasteiger partial charge < -0.3 is 11.1 Å². The Morgan fingerprint density at radius 3 is 2.47 bits per heavy atom. The van der Waals surface area contributed by atoms with Gasteiger partial charge in [0.15, 0.2) is 0 Å². The molecule has 0 spiro atoms. The molecule has 0 bridgehead atoms. The highest BCUT2D eigenvalue weighted by Crippen LogP contribution is 2.08. The molecule has 4 heteroatoms. The standard InChI is InChI=1S/C13H27N3O/c1-4-12(10(2)3)15-13(17)9-16-7-5-11(14)6-8-16/h10-12H,4-9,14H2,1-3H3,(H,15,17). The van der Waals surface area contributed by atoms with Crippen molar-refractivity contribution in [3.05, 3.63) is 0 Å². The van der Waals surface area contributed by atoms with Gasteiger partial charge in [-0.15, -0.1) is 0 Å². The van der Waals surface area contributed by atoms with Crippen molar-refractivity contribution in [3.8, 4) is 0 Å². The topological polar surface area (TPSA) is 58.4 Å². The third-order valence-corrected chi connectivity index (χ3v) is 3.59. The molecular formula is C13H27N3O. The maximum absolute atomic E-state index is 11.9. The summed E-state index contributed by atoms with van der Waals surface area (Å²) in [5, 5.41) is 3.11. The molecule has 1 rings (SSSR count). The van der Waals surface area contributed by atoms with Crippen LogP contribution in [0.15, 0.2) is 0 Å². The number of nitrogens with one attached hydrogen (secondary N) is 1. The Bertz CT molecular complexity index is 235. The van der Waals surface area contributed by atoms with Crippen LogP contribution in [0.4, 0.5) is 0 Å². The van der Waals surface area contributed by atoms with Gasteiger partial charge in [0.25, 0.3) is 0 Å². The number of likely N-dealkylation sites (tertiary alicyclic amines) is 1. The number of carbonyl (C=O) groups is 1. The van der Waals surface area contributed by atoms with Gasteiger partial charge in [-0.25, -0.2) is 0 Å². The van der Waals surface area contributed by atoms with Crippen LogP contribution in [0.5, 0.6) is 0 Å². The van der Waals surface area contributed by atoms with Crippen molar-refractivity contribution in [3.63, 3.8) is 0 Å². The van der Waals surface area contributed by atoms with Crippen LogP contribution in [0.25, 0.3) is 0 Å². The average Bonchev–Trinajstić information content (AvgIpc) is 2.28. The zero-order chi connectivity index (χ0) is 12.8. The quantitative estimate of drug-likeness (QED) is 0.754. The summed E-state index contributed by atoms with van der Waals surface area (Å²) in [5.41, 5.74) is 5.84. The van der Waals surface area contributed by atoms with Crippen LogP contribution in [0.3, 0.4) is 0 Å². The minimum atomic E-state index is 0.154. The summed E-state index contributed by atoms with van der Waals surface area (Å²) in [4.78, 5) is 14.1. The summed E-state index contributed by atoms with van der Waals surface area (Å²) < 4.78 is 0. The van der Waals surface area contributed by atoms with Crippen molar-refractivity contribution in [2.45, 2.75) is 52.1 Å². The highest BCUT2D eigenvalue weighted by Gasteiger charge is 2.20. The lowest BCUT2D eigenvalue weighted by molar-refractivity contribution is -0.123. The van der Waals surface area contributed by atoms with Crippen LogP contribution in [0.1, 0.15) is 40.0 Å². The zero-order valence-electron chi connectivity index (χ0n) is 11.4. The molecule has 3 N–H and O–H groups in total. The van der Waals surface area contributed by atoms with Crippen molar-refractivity contribution in [2.75, 3.05) is 19.6 Å². The van der Waals surface area contributed by atoms with E-state index in [2.05, 4.69) is 31.0 Å². The largest absolute Gasteiger partial charge is 0.352 e. The van der Waals surface area contributed by atoms with Crippen molar-refractivity contribution < 1.29 is 4.79 Å². The molecule has 1 amide bonds. The second kappa shape index (κ2) is 6.97. The van der Waals surface area contributed by atoms with E-state index in [9.17, 15) is 4.79 Å². The molecule has 4 nitrogen and oxygen atoms in total. The van der Waals surface area contributed by atoms with E-state index in [1.165, 1.54) is 0 Å². The van der Waals surface area contributed by atoms with Crippen LogP contribution in [-0.4, -0.2) is 42.5 Å². The smallest absolute Gasteiger partial charge is 0.234 e. The lowest BCUT2D eigenvalue weighted by Crippen LogP contribution is -2.47. The molecule has 100 valence electrons. The monoisotopic (exact) mass is 241 g/mol. The van der Waals surface area contributed by atoms with Crippen molar-refractivity contribution in [1.29, 1.82) is 0 Å². The normalized spacial score (nSPS) is 20.5. The Kier molecular flexibility index (Phi) is 5.92. The predicted octanol–water partition coefficient (Wildman–Crippen LogP) is 0.960. The van der Waals surface area contributed by atoms with Gasteiger partial charge in [-0.1, -0.05) is 20.8 Å². The molecule has 1 aliphatic rings. The first-order valence-electron chi connectivity index (χ1n) is 6.80. The molecule has 1 saturated heterocycles. The van der Waals surface area contributed by atoms with E-state index in [0.29, 0.717) is 24.5 Å². The second-order valence-corrected chi connectivity index (χ2v) is 5.44. The summed E-state index contributed by atoms with van der Waals surface area (Å²) >= 11 is 0. The molecule has 1 aliphatic heterocycles. The number of carbonyl (C=O) groups excluding carboxylic acids is 1. The molecule has 0 aromatic carbocycles. The Morgan fingerprint density at radius 2 is 2.00 bits per heavy atom. The first-order valence-corrected chi connectivity index (χ1v) is 6.80. The van der Waals surface area contributed by atoms with Gasteiger partial charge in [-0.05, 0) is 25.2 Å². The Morgan fingerprint density at radius 1 is 1.41 bits per heavy atom. The molecular weight excluding hydrogens is 214 g/mol. The van der Waals surface area contributed by atoms with Crippen molar-refractivity contribution in [1.82, 2.24) is 10.2 Å². The third kappa shape index (κ3) is 5.04. The molecule has 1 unspecified atom stereocenters. The van der Waals surface area contributed by atoms with Crippen LogP contribution < -0.4 is 11.1 Å². The molecule has 1 atom stereocenters. The fourth-order valence-electron chi connectivity index (χ4n) is 2.31. The number of nitrogens with zero attached hydrogens (tertiary/aromatic N) is 1. The van der Waals surface area contributed by atoms with Gasteiger partial charge in [0.2, 0.25) is 5.91 Å². The fourth-order valence-corrected chi connectivity index (χ4v) is 2.31. The van der Waals surface area contributed by atoms with Crippen LogP contribution in [0.2, 0.25) is 0 Å². The number of piperidine rings is 1. The third-order valence-electron chi connectivity index (χ3n) is 3.59. The van der Waals surface area contributed by atoms with Crippen molar-refractivity contribution >= 4 is 5.91 Å². The van der Waals surface area contributed by atoms with Gasteiger partial charge in [0.05, 0.1) is 6.54 Å². The predicted molar refractivity (Wildman–Crippen MR) is 70.7 cm³/mol. The molecule has 0 aromatic rings. The van der Waals surface area contributed by atoms with Gasteiger partial charge in [0, 0.05) is 25.2 Å². The average molecular weight is 241 g/mol. The summed E-state index contributed by atoms with van der Waals surface area (Å²) in [6.07, 6.45) is 3.01. The van der Waals surface area contributed by atoms with Crippen LogP contribution in [-0.2, 0) is 4.79 Å². The van der Waals surface area contributed by atoms with E-state index in [1.807, 2.05) is 0 Å². The number of hydrogen-bond acceptors (Lipinski definition) is 3. The lowest BCUT2D eigenvalue weighted by atomic mass is 10.0. The first kappa shape index (κ1) is 14.5. The van der Waals surface area contributed by atoms with Crippen LogP contribution >= 0.6 is 0 Å². The maximum atomic E-state index is 11.9. The summed E-state index contributed by atoms with van der Waals surface area (Å²) in [7, 11) is 0. The number of amides is 1. The van der Waals surface area contributed by atoms with Gasteiger partial charge in [0.1, 0.15) is 0 Å². The SMILES string of the molecule is CCC(NC(=O)CN1CCC(N)CC1)C(C)C. The highest BCUT2D eigenvalue weighted by molar-refractivity contribution is 5.78. The van der Waals surface area contributed by atoms with Crippen LogP contribution in [0, 0.1) is 5.92 Å². The lowest BCUT2D eigenvalue weighted by Gasteiger charge is -2.30. The minimum Gasteiger partial charge on any atom is -0.352 e. The van der Waals surface area contributed by atoms with E-state index >= 15 is 0 Å². The minimum absolute atomic E-state index is 0.154. The van der Waals surface area contributed by atoms with E-state index < -0.39 is 0 Å². The molecule has 17 heavy (non-hydrogen) atoms. The zero-order valence-corrected chi connectivity index (χ0v) is 11.4. The van der Waals surface area contributed by atoms with Gasteiger partial charge in [-0.2, -0.15) is 0 Å². The summed E-state index contributed by atoms with van der Waals surface area (Å²) in [6, 6.07) is 0.628. The molecule has 1 fully saturated rings. The molecule has 0 saturated carbocycles. The van der Waals surface area contributed by atoms with Gasteiger partial charge >= 0.3 is 0 Å². The Balaban J connectivity index is 2.29. The molecule has 0 aromatic heterocycles.